The zero-order valence-electron chi connectivity index (χ0n) is 13.8. The van der Waals surface area contributed by atoms with Crippen molar-refractivity contribution < 1.29 is 9.47 Å². The lowest BCUT2D eigenvalue weighted by molar-refractivity contribution is -0.154. The maximum atomic E-state index is 5.75. The van der Waals surface area contributed by atoms with Gasteiger partial charge in [-0.25, -0.2) is 4.98 Å². The second-order valence-corrected chi connectivity index (χ2v) is 4.94. The highest BCUT2D eigenvalue weighted by Gasteiger charge is 2.24. The molecule has 0 aliphatic carbocycles. The maximum Gasteiger partial charge on any atom is 0.173 e. The van der Waals surface area contributed by atoms with Crippen molar-refractivity contribution in [3.63, 3.8) is 0 Å². The van der Waals surface area contributed by atoms with Crippen molar-refractivity contribution in [1.82, 2.24) is 20.1 Å². The van der Waals surface area contributed by atoms with Crippen LogP contribution in [0.1, 0.15) is 46.4 Å². The molecule has 0 bridgehead atoms. The number of hydrogen-bond acceptors (Lipinski definition) is 5. The Labute approximate surface area is 128 Å². The number of nitrogens with zero attached hydrogens (tertiary/aromatic N) is 3. The molecule has 21 heavy (non-hydrogen) atoms. The summed E-state index contributed by atoms with van der Waals surface area (Å²) in [6.07, 6.45) is 4.24. The van der Waals surface area contributed by atoms with Gasteiger partial charge in [0.25, 0.3) is 0 Å². The van der Waals surface area contributed by atoms with Crippen molar-refractivity contribution in [1.29, 1.82) is 0 Å². The van der Waals surface area contributed by atoms with Gasteiger partial charge >= 0.3 is 0 Å². The Hall–Kier alpha value is -0.980. The van der Waals surface area contributed by atoms with Crippen LogP contribution in [0.15, 0.2) is 6.33 Å². The SMILES string of the molecule is CCCNC(Cc1ncnn1CCC)C(OCC)OCC. The van der Waals surface area contributed by atoms with Crippen LogP contribution in [0.4, 0.5) is 0 Å². The Balaban J connectivity index is 2.77. The highest BCUT2D eigenvalue weighted by atomic mass is 16.7. The molecule has 1 N–H and O–H groups in total. The summed E-state index contributed by atoms with van der Waals surface area (Å²) in [6, 6.07) is 0.0876. The zero-order chi connectivity index (χ0) is 15.5. The van der Waals surface area contributed by atoms with Gasteiger partial charge in [0, 0.05) is 26.2 Å². The molecule has 0 amide bonds. The van der Waals surface area contributed by atoms with E-state index in [0.717, 1.165) is 38.2 Å². The van der Waals surface area contributed by atoms with Crippen LogP contribution in [0.5, 0.6) is 0 Å². The van der Waals surface area contributed by atoms with Gasteiger partial charge in [0.2, 0.25) is 0 Å². The van der Waals surface area contributed by atoms with Crippen molar-refractivity contribution in [2.75, 3.05) is 19.8 Å². The summed E-state index contributed by atoms with van der Waals surface area (Å²) < 4.78 is 13.5. The first-order valence-corrected chi connectivity index (χ1v) is 8.09. The quantitative estimate of drug-likeness (QED) is 0.598. The molecule has 1 heterocycles. The molecular weight excluding hydrogens is 268 g/mol. The van der Waals surface area contributed by atoms with Crippen LogP contribution >= 0.6 is 0 Å². The Morgan fingerprint density at radius 1 is 1.14 bits per heavy atom. The monoisotopic (exact) mass is 298 g/mol. The predicted octanol–water partition coefficient (Wildman–Crippen LogP) is 2.00. The summed E-state index contributed by atoms with van der Waals surface area (Å²) in [5, 5.41) is 7.80. The number of ether oxygens (including phenoxy) is 2. The molecule has 0 spiro atoms. The fourth-order valence-corrected chi connectivity index (χ4v) is 2.24. The van der Waals surface area contributed by atoms with Gasteiger partial charge in [-0.3, -0.25) is 4.68 Å². The van der Waals surface area contributed by atoms with Gasteiger partial charge < -0.3 is 14.8 Å². The molecule has 0 fully saturated rings. The van der Waals surface area contributed by atoms with Crippen LogP contribution in [-0.2, 0) is 22.4 Å². The van der Waals surface area contributed by atoms with E-state index in [2.05, 4.69) is 29.2 Å². The van der Waals surface area contributed by atoms with Crippen LogP contribution in [0, 0.1) is 0 Å². The molecule has 0 aromatic carbocycles. The zero-order valence-corrected chi connectivity index (χ0v) is 13.8. The first-order chi connectivity index (χ1) is 10.3. The molecule has 1 rings (SSSR count). The summed E-state index contributed by atoms with van der Waals surface area (Å²) in [7, 11) is 0. The normalized spacial score (nSPS) is 13.0. The van der Waals surface area contributed by atoms with Crippen molar-refractivity contribution in [2.24, 2.45) is 0 Å². The molecule has 122 valence electrons. The molecule has 0 aliphatic rings. The molecular formula is C15H30N4O2. The van der Waals surface area contributed by atoms with E-state index in [9.17, 15) is 0 Å². The lowest BCUT2D eigenvalue weighted by Crippen LogP contribution is -2.45. The van der Waals surface area contributed by atoms with E-state index < -0.39 is 0 Å². The second kappa shape index (κ2) is 10.7. The first-order valence-electron chi connectivity index (χ1n) is 8.09. The second-order valence-electron chi connectivity index (χ2n) is 4.94. The number of aryl methyl sites for hydroxylation is 1. The van der Waals surface area contributed by atoms with Crippen molar-refractivity contribution in [3.8, 4) is 0 Å². The molecule has 6 heteroatoms. The molecule has 1 unspecified atom stereocenters. The standard InChI is InChI=1S/C15H30N4O2/c1-5-9-16-13(15(20-7-3)21-8-4)11-14-17-12-18-19(14)10-6-2/h12-13,15-16H,5-11H2,1-4H3. The smallest absolute Gasteiger partial charge is 0.173 e. The van der Waals surface area contributed by atoms with E-state index in [-0.39, 0.29) is 12.3 Å². The van der Waals surface area contributed by atoms with Crippen molar-refractivity contribution >= 4 is 0 Å². The number of aromatic nitrogens is 3. The summed E-state index contributed by atoms with van der Waals surface area (Å²) in [5.41, 5.74) is 0. The average molecular weight is 298 g/mol. The van der Waals surface area contributed by atoms with Crippen LogP contribution in [0.2, 0.25) is 0 Å². The van der Waals surface area contributed by atoms with Gasteiger partial charge in [-0.05, 0) is 33.2 Å². The molecule has 0 radical (unpaired) electrons. The van der Waals surface area contributed by atoms with Gasteiger partial charge in [0.15, 0.2) is 6.29 Å². The minimum Gasteiger partial charge on any atom is -0.351 e. The van der Waals surface area contributed by atoms with Gasteiger partial charge in [0.1, 0.15) is 12.2 Å². The minimum atomic E-state index is -0.252. The van der Waals surface area contributed by atoms with Crippen molar-refractivity contribution in [2.45, 2.75) is 65.8 Å². The van der Waals surface area contributed by atoms with E-state index in [1.54, 1.807) is 6.33 Å². The first kappa shape index (κ1) is 18.1. The number of nitrogens with one attached hydrogen (secondary N) is 1. The Morgan fingerprint density at radius 2 is 1.86 bits per heavy atom. The van der Waals surface area contributed by atoms with E-state index >= 15 is 0 Å². The maximum absolute atomic E-state index is 5.75. The number of rotatable bonds is 12. The summed E-state index contributed by atoms with van der Waals surface area (Å²) >= 11 is 0. The minimum absolute atomic E-state index is 0.0876. The molecule has 0 aliphatic heterocycles. The molecule has 0 saturated carbocycles. The van der Waals surface area contributed by atoms with Crippen LogP contribution in [0.25, 0.3) is 0 Å². The predicted molar refractivity (Wildman–Crippen MR) is 83.1 cm³/mol. The Kier molecular flexibility index (Phi) is 9.21. The Bertz CT molecular complexity index is 364. The molecule has 1 aromatic rings. The van der Waals surface area contributed by atoms with Gasteiger partial charge in [-0.2, -0.15) is 5.10 Å². The van der Waals surface area contributed by atoms with Crippen LogP contribution in [-0.4, -0.2) is 46.9 Å². The van der Waals surface area contributed by atoms with Crippen LogP contribution in [0.3, 0.4) is 0 Å². The molecule has 0 saturated heterocycles. The number of hydrogen-bond donors (Lipinski definition) is 1. The highest BCUT2D eigenvalue weighted by Crippen LogP contribution is 2.09. The van der Waals surface area contributed by atoms with Gasteiger partial charge in [-0.15, -0.1) is 0 Å². The summed E-state index contributed by atoms with van der Waals surface area (Å²) in [6.45, 7) is 11.4. The third kappa shape index (κ3) is 6.11. The van der Waals surface area contributed by atoms with E-state index in [1.165, 1.54) is 0 Å². The van der Waals surface area contributed by atoms with E-state index in [0.29, 0.717) is 13.2 Å². The summed E-state index contributed by atoms with van der Waals surface area (Å²) in [5.74, 6) is 0.981. The summed E-state index contributed by atoms with van der Waals surface area (Å²) in [4.78, 5) is 4.39. The Morgan fingerprint density at radius 3 is 2.43 bits per heavy atom. The van der Waals surface area contributed by atoms with Gasteiger partial charge in [0.05, 0.1) is 6.04 Å². The lowest BCUT2D eigenvalue weighted by atomic mass is 10.1. The molecule has 1 atom stereocenters. The van der Waals surface area contributed by atoms with Gasteiger partial charge in [-0.1, -0.05) is 13.8 Å². The van der Waals surface area contributed by atoms with Crippen LogP contribution < -0.4 is 5.32 Å². The third-order valence-electron chi connectivity index (χ3n) is 3.18. The lowest BCUT2D eigenvalue weighted by Gasteiger charge is -2.27. The van der Waals surface area contributed by atoms with E-state index in [4.69, 9.17) is 9.47 Å². The fourth-order valence-electron chi connectivity index (χ4n) is 2.24. The molecule has 6 nitrogen and oxygen atoms in total. The fraction of sp³-hybridized carbons (Fsp3) is 0.867. The largest absolute Gasteiger partial charge is 0.351 e. The van der Waals surface area contributed by atoms with Crippen molar-refractivity contribution in [3.05, 3.63) is 12.2 Å². The third-order valence-corrected chi connectivity index (χ3v) is 3.18. The molecule has 1 aromatic heterocycles. The highest BCUT2D eigenvalue weighted by molar-refractivity contribution is 4.91. The topological polar surface area (TPSA) is 61.2 Å². The van der Waals surface area contributed by atoms with E-state index in [1.807, 2.05) is 18.5 Å². The average Bonchev–Trinajstić information content (AvgIpc) is 2.91.